The summed E-state index contributed by atoms with van der Waals surface area (Å²) in [5.74, 6) is 0.516. The number of carbonyl (C=O) groups excluding carboxylic acids is 1. The van der Waals surface area contributed by atoms with Gasteiger partial charge >= 0.3 is 5.97 Å². The van der Waals surface area contributed by atoms with Crippen molar-refractivity contribution in [1.29, 1.82) is 0 Å². The second-order valence-electron chi connectivity index (χ2n) is 9.71. The fourth-order valence-corrected chi connectivity index (χ4v) is 3.47. The molecule has 0 heterocycles. The standard InChI is InChI=1S/C33H59NO14/c1-2-47-33(35)7-8-36-9-10-37-11-12-38-13-14-39-15-16-40-17-18-41-19-20-42-21-22-43-23-24-44-25-26-45-27-28-46-29-30-48-32-5-3-31(34)4-6-32/h3-6H,2,7-30,34H2,1H3. The van der Waals surface area contributed by atoms with Crippen LogP contribution in [0.2, 0.25) is 0 Å². The molecule has 2 N–H and O–H groups in total. The summed E-state index contributed by atoms with van der Waals surface area (Å²) in [5.41, 5.74) is 6.35. The molecule has 0 spiro atoms. The molecule has 15 heteroatoms. The van der Waals surface area contributed by atoms with Gasteiger partial charge in [0.1, 0.15) is 12.4 Å². The Morgan fingerprint density at radius 3 is 1.00 bits per heavy atom. The number of ether oxygens (including phenoxy) is 13. The molecule has 0 fully saturated rings. The van der Waals surface area contributed by atoms with Gasteiger partial charge < -0.3 is 67.3 Å². The second-order valence-corrected chi connectivity index (χ2v) is 9.71. The molecular weight excluding hydrogens is 634 g/mol. The summed E-state index contributed by atoms with van der Waals surface area (Å²) in [4.78, 5) is 11.2. The zero-order valence-electron chi connectivity index (χ0n) is 28.8. The van der Waals surface area contributed by atoms with Crippen LogP contribution in [0, 0.1) is 0 Å². The molecule has 0 saturated carbocycles. The fourth-order valence-electron chi connectivity index (χ4n) is 3.47. The number of esters is 1. The van der Waals surface area contributed by atoms with Crippen LogP contribution in [-0.2, 0) is 61.6 Å². The summed E-state index contributed by atoms with van der Waals surface area (Å²) in [5, 5.41) is 0. The minimum absolute atomic E-state index is 0.253. The molecule has 0 saturated heterocycles. The molecule has 0 atom stereocenters. The molecule has 1 aromatic rings. The molecular formula is C33H59NO14. The number of carbonyl (C=O) groups is 1. The zero-order valence-corrected chi connectivity index (χ0v) is 28.8. The Bertz CT molecular complexity index is 805. The number of hydrogen-bond acceptors (Lipinski definition) is 15. The van der Waals surface area contributed by atoms with Gasteiger partial charge in [-0.05, 0) is 31.2 Å². The monoisotopic (exact) mass is 693 g/mol. The molecule has 0 aliphatic rings. The number of hydrogen-bond donors (Lipinski definition) is 1. The third kappa shape index (κ3) is 32.4. The van der Waals surface area contributed by atoms with Crippen LogP contribution in [0.1, 0.15) is 13.3 Å². The molecule has 0 aromatic heterocycles. The number of benzene rings is 1. The highest BCUT2D eigenvalue weighted by atomic mass is 16.6. The molecule has 15 nitrogen and oxygen atoms in total. The summed E-state index contributed by atoms with van der Waals surface area (Å²) in [6, 6.07) is 7.25. The van der Waals surface area contributed by atoms with Gasteiger partial charge in [-0.15, -0.1) is 0 Å². The first-order chi connectivity index (χ1) is 23.7. The lowest BCUT2D eigenvalue weighted by Gasteiger charge is -2.09. The lowest BCUT2D eigenvalue weighted by molar-refractivity contribution is -0.144. The van der Waals surface area contributed by atoms with Crippen molar-refractivity contribution in [2.75, 3.05) is 164 Å². The average Bonchev–Trinajstić information content (AvgIpc) is 3.09. The predicted octanol–water partition coefficient (Wildman–Crippen LogP) is 1.78. The van der Waals surface area contributed by atoms with Gasteiger partial charge in [0.25, 0.3) is 0 Å². The number of nitrogens with two attached hydrogens (primary N) is 1. The van der Waals surface area contributed by atoms with Crippen molar-refractivity contribution < 1.29 is 66.4 Å². The Morgan fingerprint density at radius 2 is 0.708 bits per heavy atom. The Labute approximate surface area is 285 Å². The van der Waals surface area contributed by atoms with Gasteiger partial charge in [-0.3, -0.25) is 4.79 Å². The normalized spacial score (nSPS) is 11.3. The first-order valence-electron chi connectivity index (χ1n) is 16.7. The minimum Gasteiger partial charge on any atom is -0.491 e. The van der Waals surface area contributed by atoms with E-state index >= 15 is 0 Å². The average molecular weight is 694 g/mol. The maximum Gasteiger partial charge on any atom is 0.308 e. The minimum atomic E-state index is -0.253. The Kier molecular flexibility index (Phi) is 33.0. The van der Waals surface area contributed by atoms with Crippen molar-refractivity contribution in [1.82, 2.24) is 0 Å². The number of rotatable bonds is 38. The van der Waals surface area contributed by atoms with E-state index in [0.717, 1.165) is 5.75 Å². The topological polar surface area (TPSA) is 163 Å². The molecule has 0 amide bonds. The number of nitrogen functional groups attached to an aromatic ring is 1. The third-order valence-electron chi connectivity index (χ3n) is 5.85. The van der Waals surface area contributed by atoms with Crippen molar-refractivity contribution in [2.45, 2.75) is 13.3 Å². The summed E-state index contributed by atoms with van der Waals surface area (Å²) in [6.07, 6.45) is 0.254. The highest BCUT2D eigenvalue weighted by molar-refractivity contribution is 5.69. The van der Waals surface area contributed by atoms with Crippen molar-refractivity contribution in [2.24, 2.45) is 0 Å². The van der Waals surface area contributed by atoms with Crippen LogP contribution in [0.4, 0.5) is 5.69 Å². The van der Waals surface area contributed by atoms with Gasteiger partial charge in [-0.25, -0.2) is 0 Å². The summed E-state index contributed by atoms with van der Waals surface area (Å²) < 4.78 is 70.3. The smallest absolute Gasteiger partial charge is 0.308 e. The van der Waals surface area contributed by atoms with Gasteiger partial charge in [-0.1, -0.05) is 0 Å². The van der Waals surface area contributed by atoms with E-state index in [0.29, 0.717) is 164 Å². The van der Waals surface area contributed by atoms with E-state index in [4.69, 9.17) is 67.3 Å². The zero-order chi connectivity index (χ0) is 34.4. The summed E-state index contributed by atoms with van der Waals surface area (Å²) in [7, 11) is 0. The maximum absolute atomic E-state index is 11.2. The molecule has 280 valence electrons. The predicted molar refractivity (Wildman–Crippen MR) is 177 cm³/mol. The molecule has 1 rings (SSSR count). The maximum atomic E-state index is 11.2. The number of anilines is 1. The molecule has 0 aliphatic carbocycles. The third-order valence-corrected chi connectivity index (χ3v) is 5.85. The largest absolute Gasteiger partial charge is 0.491 e. The Balaban J connectivity index is 1.62. The van der Waals surface area contributed by atoms with Crippen LogP contribution >= 0.6 is 0 Å². The van der Waals surface area contributed by atoms with Gasteiger partial charge in [0.05, 0.1) is 158 Å². The first-order valence-corrected chi connectivity index (χ1v) is 16.7. The van der Waals surface area contributed by atoms with E-state index in [9.17, 15) is 4.79 Å². The van der Waals surface area contributed by atoms with Gasteiger partial charge in [-0.2, -0.15) is 0 Å². The van der Waals surface area contributed by atoms with Crippen LogP contribution in [0.5, 0.6) is 5.75 Å². The first kappa shape index (κ1) is 43.9. The highest BCUT2D eigenvalue weighted by Gasteiger charge is 2.01. The lowest BCUT2D eigenvalue weighted by atomic mass is 10.3. The van der Waals surface area contributed by atoms with E-state index in [1.165, 1.54) is 0 Å². The van der Waals surface area contributed by atoms with Crippen LogP contribution < -0.4 is 10.5 Å². The second kappa shape index (κ2) is 36.1. The van der Waals surface area contributed by atoms with E-state index in [1.54, 1.807) is 19.1 Å². The highest BCUT2D eigenvalue weighted by Crippen LogP contribution is 2.12. The SMILES string of the molecule is CCOC(=O)CCOCCOCCOCCOCCOCCOCCOCCOCCOCCOCCOCCOc1ccc(N)cc1. The van der Waals surface area contributed by atoms with Gasteiger partial charge in [0, 0.05) is 5.69 Å². The summed E-state index contributed by atoms with van der Waals surface area (Å²) >= 11 is 0. The molecule has 0 aliphatic heterocycles. The van der Waals surface area contributed by atoms with E-state index in [-0.39, 0.29) is 12.4 Å². The molecule has 0 radical (unpaired) electrons. The summed E-state index contributed by atoms with van der Waals surface area (Å²) in [6.45, 7) is 13.2. The molecule has 1 aromatic carbocycles. The van der Waals surface area contributed by atoms with Crippen LogP contribution in [0.3, 0.4) is 0 Å². The van der Waals surface area contributed by atoms with E-state index in [2.05, 4.69) is 0 Å². The van der Waals surface area contributed by atoms with Crippen LogP contribution in [0.15, 0.2) is 24.3 Å². The van der Waals surface area contributed by atoms with Gasteiger partial charge in [0.15, 0.2) is 0 Å². The van der Waals surface area contributed by atoms with Crippen molar-refractivity contribution in [3.8, 4) is 5.75 Å². The Morgan fingerprint density at radius 1 is 0.438 bits per heavy atom. The Hall–Kier alpha value is -2.15. The quantitative estimate of drug-likeness (QED) is 0.0605. The molecule has 48 heavy (non-hydrogen) atoms. The van der Waals surface area contributed by atoms with E-state index in [1.807, 2.05) is 12.1 Å². The van der Waals surface area contributed by atoms with E-state index < -0.39 is 0 Å². The van der Waals surface area contributed by atoms with Crippen molar-refractivity contribution in [3.05, 3.63) is 24.3 Å². The molecule has 0 unspecified atom stereocenters. The van der Waals surface area contributed by atoms with Gasteiger partial charge in [0.2, 0.25) is 0 Å². The fraction of sp³-hybridized carbons (Fsp3) is 0.788. The molecule has 0 bridgehead atoms. The van der Waals surface area contributed by atoms with Crippen LogP contribution in [-0.4, -0.2) is 165 Å². The van der Waals surface area contributed by atoms with Crippen LogP contribution in [0.25, 0.3) is 0 Å². The van der Waals surface area contributed by atoms with Crippen molar-refractivity contribution >= 4 is 11.7 Å². The van der Waals surface area contributed by atoms with Crippen molar-refractivity contribution in [3.63, 3.8) is 0 Å². The lowest BCUT2D eigenvalue weighted by Crippen LogP contribution is -2.15.